The summed E-state index contributed by atoms with van der Waals surface area (Å²) in [5.74, 6) is 0.0816. The molecule has 1 amide bonds. The van der Waals surface area contributed by atoms with Gasteiger partial charge < -0.3 is 14.9 Å². The maximum Gasteiger partial charge on any atom is 0.241 e. The van der Waals surface area contributed by atoms with Gasteiger partial charge in [0.1, 0.15) is 0 Å². The lowest BCUT2D eigenvalue weighted by molar-refractivity contribution is -0.127. The smallest absolute Gasteiger partial charge is 0.241 e. The highest BCUT2D eigenvalue weighted by molar-refractivity contribution is 5.81. The first-order valence-corrected chi connectivity index (χ1v) is 5.73. The van der Waals surface area contributed by atoms with Crippen molar-refractivity contribution in [2.75, 3.05) is 32.1 Å². The van der Waals surface area contributed by atoms with Gasteiger partial charge in [0.05, 0.1) is 13.2 Å². The van der Waals surface area contributed by atoms with Crippen LogP contribution in [0.5, 0.6) is 0 Å². The van der Waals surface area contributed by atoms with Gasteiger partial charge in [-0.05, 0) is 24.6 Å². The third-order valence-corrected chi connectivity index (χ3v) is 2.69. The van der Waals surface area contributed by atoms with Crippen molar-refractivity contribution in [3.05, 3.63) is 29.8 Å². The molecular weight excluding hydrogens is 216 g/mol. The number of likely N-dealkylation sites (N-methyl/N-ethyl adjacent to an activating group) is 2. The lowest BCUT2D eigenvalue weighted by atomic mass is 10.2. The first-order chi connectivity index (χ1) is 8.08. The predicted molar refractivity (Wildman–Crippen MR) is 68.9 cm³/mol. The quantitative estimate of drug-likeness (QED) is 0.832. The number of aliphatic hydroxyl groups is 1. The molecule has 1 rings (SSSR count). The summed E-state index contributed by atoms with van der Waals surface area (Å²) in [6.07, 6.45) is 0. The lowest BCUT2D eigenvalue weighted by Crippen LogP contribution is -2.36. The molecule has 0 radical (unpaired) electrons. The Hall–Kier alpha value is -1.55. The molecule has 0 heterocycles. The fourth-order valence-corrected chi connectivity index (χ4v) is 1.50. The van der Waals surface area contributed by atoms with Crippen LogP contribution in [0, 0.1) is 0 Å². The maximum atomic E-state index is 11.7. The van der Waals surface area contributed by atoms with Gasteiger partial charge in [0, 0.05) is 26.3 Å². The van der Waals surface area contributed by atoms with E-state index < -0.39 is 0 Å². The average molecular weight is 236 g/mol. The molecule has 94 valence electrons. The molecule has 0 aliphatic heterocycles. The maximum absolute atomic E-state index is 11.7. The Balaban J connectivity index is 2.75. The molecule has 1 aromatic rings. The molecule has 0 fully saturated rings. The summed E-state index contributed by atoms with van der Waals surface area (Å²) in [6.45, 7) is 3.21. The summed E-state index contributed by atoms with van der Waals surface area (Å²) < 4.78 is 0. The van der Waals surface area contributed by atoms with E-state index in [2.05, 4.69) is 0 Å². The van der Waals surface area contributed by atoms with Gasteiger partial charge >= 0.3 is 0 Å². The summed E-state index contributed by atoms with van der Waals surface area (Å²) in [5, 5.41) is 8.97. The highest BCUT2D eigenvalue weighted by Crippen LogP contribution is 2.15. The van der Waals surface area contributed by atoms with Crippen molar-refractivity contribution >= 4 is 11.6 Å². The van der Waals surface area contributed by atoms with Crippen molar-refractivity contribution in [2.24, 2.45) is 0 Å². The van der Waals surface area contributed by atoms with Crippen molar-refractivity contribution in [1.29, 1.82) is 0 Å². The van der Waals surface area contributed by atoms with Crippen LogP contribution < -0.4 is 4.90 Å². The second-order valence-corrected chi connectivity index (χ2v) is 4.13. The van der Waals surface area contributed by atoms with E-state index >= 15 is 0 Å². The summed E-state index contributed by atoms with van der Waals surface area (Å²) in [5.41, 5.74) is 1.88. The normalized spacial score (nSPS) is 10.1. The number of hydrogen-bond acceptors (Lipinski definition) is 3. The lowest BCUT2D eigenvalue weighted by Gasteiger charge is -2.24. The summed E-state index contributed by atoms with van der Waals surface area (Å²) in [6, 6.07) is 7.60. The Morgan fingerprint density at radius 2 is 1.82 bits per heavy atom. The molecule has 1 N–H and O–H groups in total. The monoisotopic (exact) mass is 236 g/mol. The second-order valence-electron chi connectivity index (χ2n) is 4.13. The highest BCUT2D eigenvalue weighted by Gasteiger charge is 2.11. The largest absolute Gasteiger partial charge is 0.392 e. The molecule has 1 aromatic carbocycles. The topological polar surface area (TPSA) is 43.8 Å². The Kier molecular flexibility index (Phi) is 4.97. The van der Waals surface area contributed by atoms with Gasteiger partial charge in [0.2, 0.25) is 5.91 Å². The van der Waals surface area contributed by atoms with E-state index in [9.17, 15) is 4.79 Å². The average Bonchev–Trinajstić information content (AvgIpc) is 2.35. The molecule has 0 aliphatic carbocycles. The Labute approximate surface area is 102 Å². The second kappa shape index (κ2) is 6.25. The molecule has 0 saturated carbocycles. The van der Waals surface area contributed by atoms with E-state index in [1.165, 1.54) is 0 Å². The number of nitrogens with zero attached hydrogens (tertiary/aromatic N) is 2. The minimum atomic E-state index is 0.0447. The molecule has 0 unspecified atom stereocenters. The van der Waals surface area contributed by atoms with Crippen molar-refractivity contribution in [3.63, 3.8) is 0 Å². The molecule has 0 bridgehead atoms. The van der Waals surface area contributed by atoms with Gasteiger partial charge in [0.25, 0.3) is 0 Å². The molecule has 0 aliphatic rings. The van der Waals surface area contributed by atoms with Crippen molar-refractivity contribution < 1.29 is 9.90 Å². The standard InChI is InChI=1S/C13H20N2O2/c1-4-15(9-13(17)14(2)3)12-7-5-11(10-16)6-8-12/h5-8,16H,4,9-10H2,1-3H3. The van der Waals surface area contributed by atoms with Crippen LogP contribution in [0.15, 0.2) is 24.3 Å². The van der Waals surface area contributed by atoms with Gasteiger partial charge in [-0.25, -0.2) is 0 Å². The van der Waals surface area contributed by atoms with Gasteiger partial charge in [-0.3, -0.25) is 4.79 Å². The SMILES string of the molecule is CCN(CC(=O)N(C)C)c1ccc(CO)cc1. The van der Waals surface area contributed by atoms with E-state index in [0.717, 1.165) is 17.8 Å². The Bertz CT molecular complexity index is 360. The number of amides is 1. The van der Waals surface area contributed by atoms with Crippen LogP contribution in [0.2, 0.25) is 0 Å². The molecule has 0 spiro atoms. The molecule has 17 heavy (non-hydrogen) atoms. The van der Waals surface area contributed by atoms with Crippen LogP contribution >= 0.6 is 0 Å². The Morgan fingerprint density at radius 1 is 1.24 bits per heavy atom. The number of carbonyl (C=O) groups is 1. The number of anilines is 1. The summed E-state index contributed by atoms with van der Waals surface area (Å²) >= 11 is 0. The van der Waals surface area contributed by atoms with Crippen LogP contribution in [0.1, 0.15) is 12.5 Å². The van der Waals surface area contributed by atoms with Crippen LogP contribution in [-0.2, 0) is 11.4 Å². The molecular formula is C13H20N2O2. The van der Waals surface area contributed by atoms with Crippen molar-refractivity contribution in [1.82, 2.24) is 4.90 Å². The third-order valence-electron chi connectivity index (χ3n) is 2.69. The predicted octanol–water partition coefficient (Wildman–Crippen LogP) is 1.09. The minimum absolute atomic E-state index is 0.0447. The number of carbonyl (C=O) groups excluding carboxylic acids is 1. The van der Waals surface area contributed by atoms with E-state index in [0.29, 0.717) is 6.54 Å². The third kappa shape index (κ3) is 3.75. The summed E-state index contributed by atoms with van der Waals surface area (Å²) in [4.78, 5) is 15.2. The fourth-order valence-electron chi connectivity index (χ4n) is 1.50. The molecule has 0 saturated heterocycles. The molecule has 4 heteroatoms. The van der Waals surface area contributed by atoms with Crippen LogP contribution in [0.25, 0.3) is 0 Å². The zero-order valence-corrected chi connectivity index (χ0v) is 10.7. The van der Waals surface area contributed by atoms with E-state index in [1.807, 2.05) is 36.1 Å². The van der Waals surface area contributed by atoms with Crippen LogP contribution in [-0.4, -0.2) is 43.1 Å². The number of aliphatic hydroxyl groups excluding tert-OH is 1. The van der Waals surface area contributed by atoms with Crippen LogP contribution in [0.3, 0.4) is 0 Å². The van der Waals surface area contributed by atoms with Crippen LogP contribution in [0.4, 0.5) is 5.69 Å². The fraction of sp³-hybridized carbons (Fsp3) is 0.462. The minimum Gasteiger partial charge on any atom is -0.392 e. The van der Waals surface area contributed by atoms with Crippen molar-refractivity contribution in [3.8, 4) is 0 Å². The van der Waals surface area contributed by atoms with E-state index in [1.54, 1.807) is 19.0 Å². The zero-order chi connectivity index (χ0) is 12.8. The van der Waals surface area contributed by atoms with Gasteiger partial charge in [-0.2, -0.15) is 0 Å². The van der Waals surface area contributed by atoms with Gasteiger partial charge in [0.15, 0.2) is 0 Å². The molecule has 0 atom stereocenters. The number of rotatable bonds is 5. The van der Waals surface area contributed by atoms with E-state index in [-0.39, 0.29) is 12.5 Å². The first kappa shape index (κ1) is 13.5. The Morgan fingerprint density at radius 3 is 2.24 bits per heavy atom. The van der Waals surface area contributed by atoms with E-state index in [4.69, 9.17) is 5.11 Å². The summed E-state index contributed by atoms with van der Waals surface area (Å²) in [7, 11) is 3.51. The van der Waals surface area contributed by atoms with Crippen molar-refractivity contribution in [2.45, 2.75) is 13.5 Å². The number of benzene rings is 1. The molecule has 0 aromatic heterocycles. The highest BCUT2D eigenvalue weighted by atomic mass is 16.3. The molecule has 4 nitrogen and oxygen atoms in total. The van der Waals surface area contributed by atoms with Gasteiger partial charge in [-0.1, -0.05) is 12.1 Å². The number of hydrogen-bond donors (Lipinski definition) is 1. The van der Waals surface area contributed by atoms with Gasteiger partial charge in [-0.15, -0.1) is 0 Å². The first-order valence-electron chi connectivity index (χ1n) is 5.73. The zero-order valence-electron chi connectivity index (χ0n) is 10.7.